The van der Waals surface area contributed by atoms with E-state index in [1.807, 2.05) is 13.0 Å². The van der Waals surface area contributed by atoms with E-state index in [1.165, 1.54) is 4.88 Å². The summed E-state index contributed by atoms with van der Waals surface area (Å²) in [4.78, 5) is 14.0. The summed E-state index contributed by atoms with van der Waals surface area (Å²) >= 11 is 1.71. The molecule has 3 heteroatoms. The first-order valence-corrected chi connectivity index (χ1v) is 5.84. The lowest BCUT2D eigenvalue weighted by molar-refractivity contribution is -0.119. The molecule has 1 unspecified atom stereocenters. The molecule has 2 nitrogen and oxygen atoms in total. The van der Waals surface area contributed by atoms with Crippen LogP contribution in [0.3, 0.4) is 0 Å². The quantitative estimate of drug-likeness (QED) is 0.811. The molecule has 14 heavy (non-hydrogen) atoms. The van der Waals surface area contributed by atoms with Crippen LogP contribution in [0.15, 0.2) is 12.1 Å². The standard InChI is InChI=1S/C11H17NOS/c1-3-8-5-6-9(14-8)7-11(13)10(12)4-2/h5-6,10H,3-4,7,12H2,1-2H3. The van der Waals surface area contributed by atoms with Crippen molar-refractivity contribution in [2.24, 2.45) is 5.73 Å². The van der Waals surface area contributed by atoms with Crippen molar-refractivity contribution < 1.29 is 4.79 Å². The van der Waals surface area contributed by atoms with Crippen LogP contribution >= 0.6 is 11.3 Å². The second-order valence-corrected chi connectivity index (χ2v) is 4.63. The maximum atomic E-state index is 11.5. The molecule has 1 atom stereocenters. The first-order valence-electron chi connectivity index (χ1n) is 5.03. The summed E-state index contributed by atoms with van der Waals surface area (Å²) in [6, 6.07) is 3.83. The Balaban J connectivity index is 2.56. The fourth-order valence-corrected chi connectivity index (χ4v) is 2.21. The highest BCUT2D eigenvalue weighted by atomic mass is 32.1. The number of rotatable bonds is 5. The van der Waals surface area contributed by atoms with Crippen molar-refractivity contribution in [3.8, 4) is 0 Å². The average molecular weight is 211 g/mol. The van der Waals surface area contributed by atoms with Crippen LogP contribution in [0.2, 0.25) is 0 Å². The van der Waals surface area contributed by atoms with Crippen LogP contribution in [0.4, 0.5) is 0 Å². The van der Waals surface area contributed by atoms with Gasteiger partial charge in [-0.15, -0.1) is 11.3 Å². The third-order valence-electron chi connectivity index (χ3n) is 2.27. The average Bonchev–Trinajstić information content (AvgIpc) is 2.64. The van der Waals surface area contributed by atoms with E-state index in [0.29, 0.717) is 6.42 Å². The minimum atomic E-state index is -0.290. The smallest absolute Gasteiger partial charge is 0.154 e. The predicted octanol–water partition coefficient (Wildman–Crippen LogP) is 2.16. The van der Waals surface area contributed by atoms with Crippen molar-refractivity contribution in [1.82, 2.24) is 0 Å². The van der Waals surface area contributed by atoms with Crippen LogP contribution < -0.4 is 5.73 Å². The highest BCUT2D eigenvalue weighted by Crippen LogP contribution is 2.17. The zero-order valence-corrected chi connectivity index (χ0v) is 9.56. The van der Waals surface area contributed by atoms with Crippen molar-refractivity contribution in [3.05, 3.63) is 21.9 Å². The highest BCUT2D eigenvalue weighted by molar-refractivity contribution is 7.12. The van der Waals surface area contributed by atoms with Crippen molar-refractivity contribution >= 4 is 17.1 Å². The SMILES string of the molecule is CCc1ccc(CC(=O)C(N)CC)s1. The summed E-state index contributed by atoms with van der Waals surface area (Å²) in [5.74, 6) is 0.150. The first kappa shape index (κ1) is 11.4. The second kappa shape index (κ2) is 5.27. The van der Waals surface area contributed by atoms with Gasteiger partial charge in [0, 0.05) is 16.2 Å². The summed E-state index contributed by atoms with van der Waals surface area (Å²) < 4.78 is 0. The topological polar surface area (TPSA) is 43.1 Å². The van der Waals surface area contributed by atoms with E-state index in [0.717, 1.165) is 17.7 Å². The Hall–Kier alpha value is -0.670. The van der Waals surface area contributed by atoms with E-state index in [9.17, 15) is 4.79 Å². The molecule has 0 spiro atoms. The maximum absolute atomic E-state index is 11.5. The molecule has 0 saturated heterocycles. The summed E-state index contributed by atoms with van der Waals surface area (Å²) in [5.41, 5.74) is 5.66. The Bertz CT molecular complexity index is 306. The van der Waals surface area contributed by atoms with Gasteiger partial charge in [0.2, 0.25) is 0 Å². The van der Waals surface area contributed by atoms with Gasteiger partial charge in [-0.05, 0) is 25.0 Å². The molecule has 78 valence electrons. The summed E-state index contributed by atoms with van der Waals surface area (Å²) in [7, 11) is 0. The molecule has 1 aromatic heterocycles. The number of hydrogen-bond acceptors (Lipinski definition) is 3. The minimum Gasteiger partial charge on any atom is -0.322 e. The van der Waals surface area contributed by atoms with E-state index in [1.54, 1.807) is 11.3 Å². The molecule has 1 rings (SSSR count). The number of nitrogens with two attached hydrogens (primary N) is 1. The van der Waals surface area contributed by atoms with E-state index < -0.39 is 0 Å². The van der Waals surface area contributed by atoms with Gasteiger partial charge >= 0.3 is 0 Å². The molecular weight excluding hydrogens is 194 g/mol. The Kier molecular flexibility index (Phi) is 4.29. The van der Waals surface area contributed by atoms with Gasteiger partial charge in [0.05, 0.1) is 6.04 Å². The lowest BCUT2D eigenvalue weighted by atomic mass is 10.1. The van der Waals surface area contributed by atoms with Gasteiger partial charge in [-0.25, -0.2) is 0 Å². The van der Waals surface area contributed by atoms with Gasteiger partial charge in [-0.1, -0.05) is 13.8 Å². The fourth-order valence-electron chi connectivity index (χ4n) is 1.24. The number of ketones is 1. The molecule has 1 heterocycles. The van der Waals surface area contributed by atoms with Crippen LogP contribution in [0.5, 0.6) is 0 Å². The molecular formula is C11H17NOS. The molecule has 0 amide bonds. The van der Waals surface area contributed by atoms with E-state index in [4.69, 9.17) is 5.73 Å². The molecule has 0 saturated carbocycles. The van der Waals surface area contributed by atoms with Crippen molar-refractivity contribution in [2.45, 2.75) is 39.2 Å². The molecule has 0 aliphatic heterocycles. The van der Waals surface area contributed by atoms with Gasteiger partial charge in [0.1, 0.15) is 0 Å². The molecule has 1 aromatic rings. The monoisotopic (exact) mass is 211 g/mol. The normalized spacial score (nSPS) is 12.8. The Labute approximate surface area is 89.1 Å². The van der Waals surface area contributed by atoms with Crippen molar-refractivity contribution in [2.75, 3.05) is 0 Å². The van der Waals surface area contributed by atoms with Crippen LogP contribution in [0.25, 0.3) is 0 Å². The number of carbonyl (C=O) groups excluding carboxylic acids is 1. The number of hydrogen-bond donors (Lipinski definition) is 1. The predicted molar refractivity (Wildman–Crippen MR) is 60.7 cm³/mol. The number of thiophene rings is 1. The first-order chi connectivity index (χ1) is 6.67. The van der Waals surface area contributed by atoms with Crippen LogP contribution in [0, 0.1) is 0 Å². The molecule has 0 fully saturated rings. The molecule has 2 N–H and O–H groups in total. The maximum Gasteiger partial charge on any atom is 0.154 e. The molecule has 0 aliphatic rings. The molecule has 0 radical (unpaired) electrons. The molecule has 0 aliphatic carbocycles. The van der Waals surface area contributed by atoms with Crippen molar-refractivity contribution in [3.63, 3.8) is 0 Å². The Morgan fingerprint density at radius 2 is 2.07 bits per heavy atom. The van der Waals surface area contributed by atoms with Crippen LogP contribution in [0.1, 0.15) is 30.0 Å². The zero-order valence-electron chi connectivity index (χ0n) is 8.75. The van der Waals surface area contributed by atoms with Gasteiger partial charge in [0.25, 0.3) is 0 Å². The molecule has 0 aromatic carbocycles. The number of carbonyl (C=O) groups is 1. The zero-order chi connectivity index (χ0) is 10.6. The third kappa shape index (κ3) is 2.93. The highest BCUT2D eigenvalue weighted by Gasteiger charge is 2.12. The summed E-state index contributed by atoms with van der Waals surface area (Å²) in [6.45, 7) is 4.06. The van der Waals surface area contributed by atoms with Gasteiger partial charge < -0.3 is 5.73 Å². The fraction of sp³-hybridized carbons (Fsp3) is 0.545. The van der Waals surface area contributed by atoms with Gasteiger partial charge in [0.15, 0.2) is 5.78 Å². The summed E-state index contributed by atoms with van der Waals surface area (Å²) in [6.07, 6.45) is 2.27. The minimum absolute atomic E-state index is 0.150. The van der Waals surface area contributed by atoms with E-state index in [-0.39, 0.29) is 11.8 Å². The van der Waals surface area contributed by atoms with Crippen molar-refractivity contribution in [1.29, 1.82) is 0 Å². The number of aryl methyl sites for hydroxylation is 1. The lowest BCUT2D eigenvalue weighted by Crippen LogP contribution is -2.30. The number of Topliss-reactive ketones (excluding diaryl/α,β-unsaturated/α-hetero) is 1. The lowest BCUT2D eigenvalue weighted by Gasteiger charge is -2.05. The van der Waals surface area contributed by atoms with E-state index >= 15 is 0 Å². The second-order valence-electron chi connectivity index (χ2n) is 3.38. The largest absolute Gasteiger partial charge is 0.322 e. The van der Waals surface area contributed by atoms with Gasteiger partial charge in [-0.2, -0.15) is 0 Å². The van der Waals surface area contributed by atoms with Crippen LogP contribution in [-0.4, -0.2) is 11.8 Å². The van der Waals surface area contributed by atoms with Crippen LogP contribution in [-0.2, 0) is 17.6 Å². The Morgan fingerprint density at radius 1 is 1.43 bits per heavy atom. The molecule has 0 bridgehead atoms. The third-order valence-corrected chi connectivity index (χ3v) is 3.50. The van der Waals surface area contributed by atoms with E-state index in [2.05, 4.69) is 13.0 Å². The van der Waals surface area contributed by atoms with Gasteiger partial charge in [-0.3, -0.25) is 4.79 Å². The Morgan fingerprint density at radius 3 is 2.57 bits per heavy atom. The summed E-state index contributed by atoms with van der Waals surface area (Å²) in [5, 5.41) is 0.